The first kappa shape index (κ1) is 28.6. The molecule has 2 heterocycles. The lowest BCUT2D eigenvalue weighted by atomic mass is 9.64. The van der Waals surface area contributed by atoms with Gasteiger partial charge in [-0.05, 0) is 54.7 Å². The molecular formula is C24H29ClF6N2O3. The molecule has 0 bridgehead atoms. The second-order valence-electron chi connectivity index (χ2n) is 10.7. The summed E-state index contributed by atoms with van der Waals surface area (Å²) in [6, 6.07) is 4.26. The molecule has 1 saturated carbocycles. The molecule has 1 spiro atoms. The van der Waals surface area contributed by atoms with E-state index in [1.54, 1.807) is 6.07 Å². The molecule has 3 fully saturated rings. The Balaban J connectivity index is 0.000000454. The molecule has 36 heavy (non-hydrogen) atoms. The van der Waals surface area contributed by atoms with Crippen LogP contribution in [0.15, 0.2) is 18.2 Å². The fraction of sp³-hybridized carbons (Fsp3) is 0.667. The SMILES string of the molecule is CC1(C)CC[C@H](C(=O)N2CCC3(CNC3)C(F)(F)C2)[C@@H](c2ccc(F)cc2Cl)C1.O=C(O)C(F)(F)F. The van der Waals surface area contributed by atoms with Crippen LogP contribution in [-0.2, 0) is 9.59 Å². The van der Waals surface area contributed by atoms with Crippen LogP contribution in [0.2, 0.25) is 5.02 Å². The zero-order valence-electron chi connectivity index (χ0n) is 19.9. The van der Waals surface area contributed by atoms with Gasteiger partial charge in [0.05, 0.1) is 12.0 Å². The van der Waals surface area contributed by atoms with Gasteiger partial charge >= 0.3 is 12.1 Å². The molecule has 2 atom stereocenters. The third-order valence-corrected chi connectivity index (χ3v) is 7.90. The Morgan fingerprint density at radius 3 is 2.25 bits per heavy atom. The van der Waals surface area contributed by atoms with E-state index in [2.05, 4.69) is 19.2 Å². The van der Waals surface area contributed by atoms with E-state index in [0.717, 1.165) is 12.0 Å². The summed E-state index contributed by atoms with van der Waals surface area (Å²) in [5.41, 5.74) is -0.257. The van der Waals surface area contributed by atoms with Crippen LogP contribution in [0, 0.1) is 22.6 Å². The molecule has 0 radical (unpaired) electrons. The van der Waals surface area contributed by atoms with E-state index in [9.17, 15) is 31.1 Å². The molecule has 1 aromatic rings. The zero-order valence-corrected chi connectivity index (χ0v) is 20.7. The summed E-state index contributed by atoms with van der Waals surface area (Å²) >= 11 is 6.33. The molecule has 2 aliphatic heterocycles. The standard InChI is InChI=1S/C22H28ClF3N2O.C2HF3O2/c1-20(2)6-5-16(17(10-20)15-4-3-14(24)9-18(15)23)19(29)28-8-7-21(11-27-12-21)22(25,26)13-28;3-2(4,5)1(6)7/h3-4,9,16-17,27H,5-8,10-13H2,1-2H3;(H,6,7)/t16-,17+;/m0./s1. The van der Waals surface area contributed by atoms with Crippen LogP contribution in [0.1, 0.15) is 51.0 Å². The third-order valence-electron chi connectivity index (χ3n) is 7.58. The van der Waals surface area contributed by atoms with Gasteiger partial charge in [0, 0.05) is 30.6 Å². The van der Waals surface area contributed by atoms with Gasteiger partial charge in [-0.15, -0.1) is 0 Å². The maximum atomic E-state index is 14.8. The van der Waals surface area contributed by atoms with Crippen molar-refractivity contribution in [3.63, 3.8) is 0 Å². The van der Waals surface area contributed by atoms with Crippen LogP contribution in [0.3, 0.4) is 0 Å². The quantitative estimate of drug-likeness (QED) is 0.486. The fourth-order valence-corrected chi connectivity index (χ4v) is 5.62. The van der Waals surface area contributed by atoms with E-state index in [1.165, 1.54) is 17.0 Å². The summed E-state index contributed by atoms with van der Waals surface area (Å²) in [6.07, 6.45) is -2.58. The van der Waals surface area contributed by atoms with Crippen molar-refractivity contribution in [1.29, 1.82) is 0 Å². The molecule has 2 N–H and O–H groups in total. The molecule has 4 rings (SSSR count). The summed E-state index contributed by atoms with van der Waals surface area (Å²) in [4.78, 5) is 23.6. The Morgan fingerprint density at radius 2 is 1.78 bits per heavy atom. The number of carbonyl (C=O) groups is 2. The Morgan fingerprint density at radius 1 is 1.17 bits per heavy atom. The molecule has 0 aromatic heterocycles. The third kappa shape index (κ3) is 5.93. The van der Waals surface area contributed by atoms with Crippen molar-refractivity contribution in [3.8, 4) is 0 Å². The number of likely N-dealkylation sites (tertiary alicyclic amines) is 1. The van der Waals surface area contributed by atoms with E-state index in [-0.39, 0.29) is 17.2 Å². The number of nitrogens with zero attached hydrogens (tertiary/aromatic N) is 1. The molecule has 12 heteroatoms. The number of halogens is 7. The number of carboxylic acid groups (broad SMARTS) is 1. The van der Waals surface area contributed by atoms with Gasteiger partial charge in [-0.2, -0.15) is 13.2 Å². The predicted octanol–water partition coefficient (Wildman–Crippen LogP) is 5.48. The smallest absolute Gasteiger partial charge is 0.475 e. The number of alkyl halides is 5. The molecule has 3 aliphatic rings. The van der Waals surface area contributed by atoms with Crippen molar-refractivity contribution in [2.45, 2.75) is 57.5 Å². The molecule has 5 nitrogen and oxygen atoms in total. The Labute approximate surface area is 210 Å². The van der Waals surface area contributed by atoms with Gasteiger partial charge in [0.25, 0.3) is 5.92 Å². The normalized spacial score (nSPS) is 26.4. The van der Waals surface area contributed by atoms with Gasteiger partial charge < -0.3 is 15.3 Å². The van der Waals surface area contributed by atoms with Crippen LogP contribution >= 0.6 is 11.6 Å². The van der Waals surface area contributed by atoms with Gasteiger partial charge in [-0.1, -0.05) is 31.5 Å². The molecule has 202 valence electrons. The predicted molar refractivity (Wildman–Crippen MR) is 120 cm³/mol. The topological polar surface area (TPSA) is 69.6 Å². The fourth-order valence-electron chi connectivity index (χ4n) is 5.31. The molecule has 2 saturated heterocycles. The second-order valence-corrected chi connectivity index (χ2v) is 11.1. The van der Waals surface area contributed by atoms with E-state index in [0.29, 0.717) is 43.9 Å². The highest BCUT2D eigenvalue weighted by Crippen LogP contribution is 2.51. The van der Waals surface area contributed by atoms with E-state index < -0.39 is 41.8 Å². The maximum Gasteiger partial charge on any atom is 0.490 e. The Bertz CT molecular complexity index is 997. The van der Waals surface area contributed by atoms with Gasteiger partial charge in [-0.25, -0.2) is 18.0 Å². The number of benzene rings is 1. The van der Waals surface area contributed by atoms with Gasteiger partial charge in [0.1, 0.15) is 5.82 Å². The van der Waals surface area contributed by atoms with Crippen molar-refractivity contribution in [2.75, 3.05) is 26.2 Å². The Kier molecular flexibility index (Phi) is 7.96. The number of hydrogen-bond donors (Lipinski definition) is 2. The molecule has 1 aromatic carbocycles. The second kappa shape index (κ2) is 10.0. The van der Waals surface area contributed by atoms with Crippen molar-refractivity contribution < 1.29 is 41.0 Å². The lowest BCUT2D eigenvalue weighted by Crippen LogP contribution is -2.69. The minimum absolute atomic E-state index is 0.00660. The number of piperidine rings is 1. The average Bonchev–Trinajstić information content (AvgIpc) is 2.70. The van der Waals surface area contributed by atoms with Crippen molar-refractivity contribution >= 4 is 23.5 Å². The van der Waals surface area contributed by atoms with E-state index in [1.807, 2.05) is 0 Å². The van der Waals surface area contributed by atoms with E-state index >= 15 is 0 Å². The highest BCUT2D eigenvalue weighted by molar-refractivity contribution is 6.31. The zero-order chi connectivity index (χ0) is 27.1. The van der Waals surface area contributed by atoms with Crippen LogP contribution in [0.4, 0.5) is 26.3 Å². The monoisotopic (exact) mass is 542 g/mol. The van der Waals surface area contributed by atoms with E-state index in [4.69, 9.17) is 21.5 Å². The first-order valence-electron chi connectivity index (χ1n) is 11.6. The van der Waals surface area contributed by atoms with Crippen molar-refractivity contribution in [3.05, 3.63) is 34.6 Å². The lowest BCUT2D eigenvalue weighted by molar-refractivity contribution is -0.195. The number of hydrogen-bond acceptors (Lipinski definition) is 3. The highest BCUT2D eigenvalue weighted by Gasteiger charge is 2.60. The number of rotatable bonds is 2. The number of carbonyl (C=O) groups excluding carboxylic acids is 1. The van der Waals surface area contributed by atoms with Crippen molar-refractivity contribution in [2.24, 2.45) is 16.7 Å². The molecule has 1 aliphatic carbocycles. The first-order chi connectivity index (χ1) is 16.5. The molecule has 1 amide bonds. The van der Waals surface area contributed by atoms with Gasteiger partial charge in [0.15, 0.2) is 0 Å². The maximum absolute atomic E-state index is 14.8. The molecular weight excluding hydrogens is 514 g/mol. The number of nitrogens with one attached hydrogen (secondary N) is 1. The minimum Gasteiger partial charge on any atom is -0.475 e. The summed E-state index contributed by atoms with van der Waals surface area (Å²) in [5.74, 6) is -6.89. The Hall–Kier alpha value is -2.01. The summed E-state index contributed by atoms with van der Waals surface area (Å²) in [6.45, 7) is 4.75. The van der Waals surface area contributed by atoms with Crippen LogP contribution < -0.4 is 5.32 Å². The summed E-state index contributed by atoms with van der Waals surface area (Å²) < 4.78 is 75.0. The summed E-state index contributed by atoms with van der Waals surface area (Å²) in [5, 5.41) is 10.4. The van der Waals surface area contributed by atoms with Gasteiger partial charge in [-0.3, -0.25) is 4.79 Å². The lowest BCUT2D eigenvalue weighted by Gasteiger charge is -2.53. The minimum atomic E-state index is -5.08. The number of carboxylic acids is 1. The average molecular weight is 543 g/mol. The number of aliphatic carboxylic acids is 1. The largest absolute Gasteiger partial charge is 0.490 e. The summed E-state index contributed by atoms with van der Waals surface area (Å²) in [7, 11) is 0. The van der Waals surface area contributed by atoms with Crippen LogP contribution in [0.5, 0.6) is 0 Å². The highest BCUT2D eigenvalue weighted by atomic mass is 35.5. The van der Waals surface area contributed by atoms with Gasteiger partial charge in [0.2, 0.25) is 5.91 Å². The van der Waals surface area contributed by atoms with Crippen LogP contribution in [0.25, 0.3) is 0 Å². The molecule has 0 unspecified atom stereocenters. The van der Waals surface area contributed by atoms with Crippen molar-refractivity contribution in [1.82, 2.24) is 10.2 Å². The van der Waals surface area contributed by atoms with Crippen LogP contribution in [-0.4, -0.2) is 60.2 Å². The number of amides is 1. The first-order valence-corrected chi connectivity index (χ1v) is 12.0.